The van der Waals surface area contributed by atoms with Crippen molar-refractivity contribution < 1.29 is 19.1 Å². The number of hydrogen-bond acceptors (Lipinski definition) is 5. The van der Waals surface area contributed by atoms with E-state index in [-0.39, 0.29) is 29.5 Å². The fraction of sp³-hybridized carbons (Fsp3) is 0.370. The van der Waals surface area contributed by atoms with Crippen LogP contribution in [0.2, 0.25) is 0 Å². The minimum Gasteiger partial charge on any atom is -0.490 e. The van der Waals surface area contributed by atoms with Crippen molar-refractivity contribution in [3.05, 3.63) is 83.9 Å². The molecule has 1 aliphatic carbocycles. The predicted octanol–water partition coefficient (Wildman–Crippen LogP) is 4.39. The molecule has 0 spiro atoms. The average Bonchev–Trinajstić information content (AvgIpc) is 3.11. The highest BCUT2D eigenvalue weighted by atomic mass is 16.5. The first-order chi connectivity index (χ1) is 16.1. The van der Waals surface area contributed by atoms with Crippen LogP contribution in [0.25, 0.3) is 0 Å². The average molecular weight is 445 g/mol. The second kappa shape index (κ2) is 8.85. The van der Waals surface area contributed by atoms with Crippen molar-refractivity contribution in [3.63, 3.8) is 0 Å². The molecule has 4 atom stereocenters. The molecule has 3 heterocycles. The molecule has 6 nitrogen and oxygen atoms in total. The highest BCUT2D eigenvalue weighted by Crippen LogP contribution is 2.48. The first-order valence-electron chi connectivity index (χ1n) is 11.6. The highest BCUT2D eigenvalue weighted by Gasteiger charge is 2.52. The number of aromatic nitrogens is 1. The molecule has 0 N–H and O–H groups in total. The quantitative estimate of drug-likeness (QED) is 0.618. The fourth-order valence-corrected chi connectivity index (χ4v) is 5.22. The third-order valence-electron chi connectivity index (χ3n) is 6.84. The summed E-state index contributed by atoms with van der Waals surface area (Å²) in [5.41, 5.74) is 2.27. The summed E-state index contributed by atoms with van der Waals surface area (Å²) < 4.78 is 11.9. The van der Waals surface area contributed by atoms with E-state index in [4.69, 9.17) is 9.47 Å². The smallest absolute Gasteiger partial charge is 0.290 e. The number of ether oxygens (including phenoxy) is 2. The van der Waals surface area contributed by atoms with Gasteiger partial charge >= 0.3 is 0 Å². The maximum absolute atomic E-state index is 13.8. The topological polar surface area (TPSA) is 68.7 Å². The zero-order valence-corrected chi connectivity index (χ0v) is 18.8. The van der Waals surface area contributed by atoms with Gasteiger partial charge in [-0.25, -0.2) is 0 Å². The lowest BCUT2D eigenvalue weighted by molar-refractivity contribution is -0.136. The van der Waals surface area contributed by atoms with Gasteiger partial charge in [-0.2, -0.15) is 0 Å². The first kappa shape index (κ1) is 21.4. The molecule has 4 unspecified atom stereocenters. The molecule has 0 saturated heterocycles. The van der Waals surface area contributed by atoms with E-state index >= 15 is 0 Å². The molecule has 5 rings (SSSR count). The summed E-state index contributed by atoms with van der Waals surface area (Å²) in [4.78, 5) is 33.2. The fourth-order valence-electron chi connectivity index (χ4n) is 5.22. The molecule has 33 heavy (non-hydrogen) atoms. The molecule has 6 heteroatoms. The van der Waals surface area contributed by atoms with Crippen molar-refractivity contribution in [1.29, 1.82) is 0 Å². The number of nitrogens with zero attached hydrogens (tertiary/aromatic N) is 2. The molecule has 1 aromatic carbocycles. The molecule has 1 fully saturated rings. The molecule has 2 aromatic rings. The lowest BCUT2D eigenvalue weighted by Gasteiger charge is -2.37. The molecule has 3 aliphatic rings. The van der Waals surface area contributed by atoms with Crippen LogP contribution in [-0.2, 0) is 20.9 Å². The van der Waals surface area contributed by atoms with Crippen LogP contribution in [0, 0.1) is 11.8 Å². The number of fused-ring (bicyclic) bond motifs is 1. The number of carbonyl (C=O) groups excluding carboxylic acids is 2. The van der Waals surface area contributed by atoms with Crippen LogP contribution in [0.15, 0.2) is 72.8 Å². The maximum atomic E-state index is 13.8. The van der Waals surface area contributed by atoms with Crippen molar-refractivity contribution in [2.24, 2.45) is 11.8 Å². The molecule has 0 radical (unpaired) electrons. The molecule has 1 aromatic heterocycles. The number of benzene rings is 1. The van der Waals surface area contributed by atoms with Gasteiger partial charge in [0.1, 0.15) is 18.5 Å². The van der Waals surface area contributed by atoms with E-state index in [0.29, 0.717) is 30.4 Å². The number of pyridine rings is 1. The number of rotatable bonds is 6. The van der Waals surface area contributed by atoms with E-state index in [1.54, 1.807) is 23.4 Å². The Morgan fingerprint density at radius 3 is 2.76 bits per heavy atom. The Bertz CT molecular complexity index is 1090. The Morgan fingerprint density at radius 2 is 2.03 bits per heavy atom. The standard InChI is InChI=1S/C27H28N2O4/c1-3-13-32-20-9-7-19(8-10-20)24-23-25(30)21-14-17(2)6-11-22(21)33-26(23)27(31)29(24)16-18-5-4-12-28-15-18/h3-5,7-10,12,15,17,21-22,24H,1,6,11,13-14,16H2,2H3. The maximum Gasteiger partial charge on any atom is 0.290 e. The molecule has 2 aliphatic heterocycles. The Labute approximate surface area is 193 Å². The summed E-state index contributed by atoms with van der Waals surface area (Å²) in [6.45, 7) is 6.62. The Hall–Kier alpha value is -3.41. The minimum absolute atomic E-state index is 0.0619. The lowest BCUT2D eigenvalue weighted by Crippen LogP contribution is -2.41. The van der Waals surface area contributed by atoms with Crippen molar-refractivity contribution in [2.75, 3.05) is 6.61 Å². The van der Waals surface area contributed by atoms with Crippen LogP contribution in [0.5, 0.6) is 5.75 Å². The normalized spacial score (nSPS) is 26.5. The van der Waals surface area contributed by atoms with Crippen LogP contribution < -0.4 is 4.74 Å². The SMILES string of the molecule is C=CCOc1ccc(C2C3=C(OC4CCC(C)CC4C3=O)C(=O)N2Cc2cccnc2)cc1. The van der Waals surface area contributed by atoms with Crippen LogP contribution in [0.3, 0.4) is 0 Å². The first-order valence-corrected chi connectivity index (χ1v) is 11.6. The number of amides is 1. The van der Waals surface area contributed by atoms with Gasteiger partial charge in [-0.05, 0) is 54.5 Å². The zero-order valence-electron chi connectivity index (χ0n) is 18.8. The van der Waals surface area contributed by atoms with Gasteiger partial charge in [0.05, 0.1) is 17.5 Å². The van der Waals surface area contributed by atoms with Gasteiger partial charge in [-0.3, -0.25) is 14.6 Å². The molecular weight excluding hydrogens is 416 g/mol. The van der Waals surface area contributed by atoms with Gasteiger partial charge in [0, 0.05) is 18.9 Å². The van der Waals surface area contributed by atoms with E-state index in [1.165, 1.54) is 0 Å². The molecule has 1 amide bonds. The van der Waals surface area contributed by atoms with Gasteiger partial charge in [0.15, 0.2) is 11.5 Å². The van der Waals surface area contributed by atoms with E-state index in [0.717, 1.165) is 30.4 Å². The molecule has 170 valence electrons. The second-order valence-corrected chi connectivity index (χ2v) is 9.15. The molecular formula is C27H28N2O4. The predicted molar refractivity (Wildman–Crippen MR) is 123 cm³/mol. The number of ketones is 1. The summed E-state index contributed by atoms with van der Waals surface area (Å²) in [5.74, 6) is 1.07. The summed E-state index contributed by atoms with van der Waals surface area (Å²) in [5, 5.41) is 0. The number of Topliss-reactive ketones (excluding diaryl/α,β-unsaturated/α-hetero) is 1. The van der Waals surface area contributed by atoms with Crippen LogP contribution in [-0.4, -0.2) is 34.3 Å². The third-order valence-corrected chi connectivity index (χ3v) is 6.84. The van der Waals surface area contributed by atoms with Crippen LogP contribution >= 0.6 is 0 Å². The summed E-state index contributed by atoms with van der Waals surface area (Å²) in [6.07, 6.45) is 7.57. The van der Waals surface area contributed by atoms with Gasteiger partial charge in [-0.1, -0.05) is 37.8 Å². The summed E-state index contributed by atoms with van der Waals surface area (Å²) in [7, 11) is 0. The Balaban J connectivity index is 1.53. The number of hydrogen-bond donors (Lipinski definition) is 0. The van der Waals surface area contributed by atoms with E-state index < -0.39 is 6.04 Å². The number of carbonyl (C=O) groups is 2. The van der Waals surface area contributed by atoms with E-state index in [9.17, 15) is 9.59 Å². The monoisotopic (exact) mass is 444 g/mol. The largest absolute Gasteiger partial charge is 0.490 e. The highest BCUT2D eigenvalue weighted by molar-refractivity contribution is 6.11. The van der Waals surface area contributed by atoms with Gasteiger partial charge in [0.25, 0.3) is 5.91 Å². The van der Waals surface area contributed by atoms with Crippen LogP contribution in [0.4, 0.5) is 0 Å². The minimum atomic E-state index is -0.494. The summed E-state index contributed by atoms with van der Waals surface area (Å²) in [6, 6.07) is 10.9. The third kappa shape index (κ3) is 3.94. The van der Waals surface area contributed by atoms with Crippen molar-refractivity contribution in [2.45, 2.75) is 44.9 Å². The Morgan fingerprint density at radius 1 is 1.21 bits per heavy atom. The lowest BCUT2D eigenvalue weighted by atomic mass is 9.74. The van der Waals surface area contributed by atoms with E-state index in [1.807, 2.05) is 36.4 Å². The van der Waals surface area contributed by atoms with Crippen LogP contribution in [0.1, 0.15) is 43.4 Å². The zero-order chi connectivity index (χ0) is 22.9. The van der Waals surface area contributed by atoms with Gasteiger partial charge in [-0.15, -0.1) is 0 Å². The van der Waals surface area contributed by atoms with Gasteiger partial charge in [0.2, 0.25) is 0 Å². The van der Waals surface area contributed by atoms with Crippen molar-refractivity contribution in [3.8, 4) is 5.75 Å². The molecule has 0 bridgehead atoms. The van der Waals surface area contributed by atoms with E-state index in [2.05, 4.69) is 18.5 Å². The van der Waals surface area contributed by atoms with Gasteiger partial charge < -0.3 is 14.4 Å². The second-order valence-electron chi connectivity index (χ2n) is 9.15. The summed E-state index contributed by atoms with van der Waals surface area (Å²) >= 11 is 0. The Kier molecular flexibility index (Phi) is 5.75. The van der Waals surface area contributed by atoms with Crippen molar-refractivity contribution >= 4 is 11.7 Å². The van der Waals surface area contributed by atoms with Crippen molar-refractivity contribution in [1.82, 2.24) is 9.88 Å². The molecule has 1 saturated carbocycles.